The number of phenolic OH excluding ortho intramolecular Hbond substituents is 4. The van der Waals surface area contributed by atoms with Gasteiger partial charge in [-0.1, -0.05) is 24.3 Å². The van der Waals surface area contributed by atoms with Gasteiger partial charge in [0.25, 0.3) is 0 Å². The predicted molar refractivity (Wildman–Crippen MR) is 125 cm³/mol. The number of hydrogen-bond donors (Lipinski definition) is 6. The summed E-state index contributed by atoms with van der Waals surface area (Å²) >= 11 is 0. The van der Waals surface area contributed by atoms with Gasteiger partial charge in [-0.25, -0.2) is 0 Å². The molecule has 0 aliphatic heterocycles. The van der Waals surface area contributed by atoms with Crippen LogP contribution in [0.4, 0.5) is 0 Å². The number of aromatic hydroxyl groups is 4. The molecule has 0 atom stereocenters. The number of aliphatic hydroxyl groups excluding tert-OH is 2. The standard InChI is InChI=1S/C26H22O8/c1-14(27)8-21(30)18(9-16-5-7-20(29)23(32)11-16)26-24(33)12-17(13-25(26)34)3-2-15-4-6-19(28)22(31)10-15/h2-12,28-33H,13H2,1H3. The van der Waals surface area contributed by atoms with Crippen LogP contribution in [0.25, 0.3) is 12.2 Å². The van der Waals surface area contributed by atoms with Gasteiger partial charge in [-0.3, -0.25) is 9.59 Å². The van der Waals surface area contributed by atoms with E-state index in [1.54, 1.807) is 18.2 Å². The fraction of sp³-hybridized carbons (Fsp3) is 0.0769. The van der Waals surface area contributed by atoms with Crippen molar-refractivity contribution < 1.29 is 40.2 Å². The van der Waals surface area contributed by atoms with Gasteiger partial charge in [0, 0.05) is 18.1 Å². The van der Waals surface area contributed by atoms with E-state index in [1.165, 1.54) is 49.4 Å². The quantitative estimate of drug-likeness (QED) is 0.160. The van der Waals surface area contributed by atoms with Crippen LogP contribution in [-0.4, -0.2) is 42.2 Å². The van der Waals surface area contributed by atoms with Crippen molar-refractivity contribution in [3.63, 3.8) is 0 Å². The molecule has 0 fully saturated rings. The molecular formula is C26H22O8. The van der Waals surface area contributed by atoms with E-state index < -0.39 is 28.8 Å². The number of carbonyl (C=O) groups is 2. The summed E-state index contributed by atoms with van der Waals surface area (Å²) in [5.74, 6) is -3.38. The molecular weight excluding hydrogens is 440 g/mol. The minimum absolute atomic E-state index is 0.133. The smallest absolute Gasteiger partial charge is 0.171 e. The predicted octanol–water partition coefficient (Wildman–Crippen LogP) is 4.35. The highest BCUT2D eigenvalue weighted by molar-refractivity contribution is 6.06. The maximum atomic E-state index is 12.9. The van der Waals surface area contributed by atoms with Gasteiger partial charge >= 0.3 is 0 Å². The molecule has 174 valence electrons. The van der Waals surface area contributed by atoms with E-state index in [0.29, 0.717) is 16.7 Å². The molecule has 8 nitrogen and oxygen atoms in total. The summed E-state index contributed by atoms with van der Waals surface area (Å²) in [5.41, 5.74) is 0.930. The Morgan fingerprint density at radius 1 is 0.853 bits per heavy atom. The minimum atomic E-state index is -0.554. The van der Waals surface area contributed by atoms with E-state index >= 15 is 0 Å². The second-order valence-corrected chi connectivity index (χ2v) is 7.61. The molecule has 0 amide bonds. The van der Waals surface area contributed by atoms with E-state index in [1.807, 2.05) is 0 Å². The van der Waals surface area contributed by atoms with Crippen LogP contribution in [0, 0.1) is 0 Å². The van der Waals surface area contributed by atoms with Crippen molar-refractivity contribution >= 4 is 23.7 Å². The molecule has 0 unspecified atom stereocenters. The van der Waals surface area contributed by atoms with Crippen molar-refractivity contribution in [2.45, 2.75) is 13.3 Å². The molecule has 0 saturated carbocycles. The number of aliphatic hydroxyl groups is 2. The SMILES string of the molecule is CC(=O)C=C(O)C(=Cc1ccc(O)c(O)c1)C1=C(O)C=C(C=Cc2ccc(O)c(O)c2)CC1=O. The summed E-state index contributed by atoms with van der Waals surface area (Å²) in [4.78, 5) is 24.5. The number of hydrogen-bond acceptors (Lipinski definition) is 8. The van der Waals surface area contributed by atoms with Gasteiger partial charge in [-0.2, -0.15) is 0 Å². The van der Waals surface area contributed by atoms with E-state index in [2.05, 4.69) is 0 Å². The summed E-state index contributed by atoms with van der Waals surface area (Å²) in [5, 5.41) is 59.4. The molecule has 0 bridgehead atoms. The van der Waals surface area contributed by atoms with Gasteiger partial charge in [-0.15, -0.1) is 0 Å². The van der Waals surface area contributed by atoms with E-state index in [0.717, 1.165) is 6.08 Å². The van der Waals surface area contributed by atoms with Crippen molar-refractivity contribution in [2.75, 3.05) is 0 Å². The number of Topliss-reactive ketones (excluding diaryl/α,β-unsaturated/α-hetero) is 1. The monoisotopic (exact) mass is 462 g/mol. The van der Waals surface area contributed by atoms with Crippen LogP contribution in [0.3, 0.4) is 0 Å². The number of phenols is 4. The first kappa shape index (κ1) is 23.9. The normalized spacial score (nSPS) is 15.1. The van der Waals surface area contributed by atoms with Gasteiger partial charge in [0.2, 0.25) is 0 Å². The van der Waals surface area contributed by atoms with E-state index in [4.69, 9.17) is 0 Å². The second kappa shape index (κ2) is 9.83. The van der Waals surface area contributed by atoms with Gasteiger partial charge in [0.15, 0.2) is 34.6 Å². The van der Waals surface area contributed by atoms with Gasteiger partial charge < -0.3 is 30.6 Å². The molecule has 34 heavy (non-hydrogen) atoms. The molecule has 0 radical (unpaired) electrons. The highest BCUT2D eigenvalue weighted by Crippen LogP contribution is 2.33. The third kappa shape index (κ3) is 5.55. The van der Waals surface area contributed by atoms with Crippen molar-refractivity contribution in [1.29, 1.82) is 0 Å². The molecule has 6 N–H and O–H groups in total. The van der Waals surface area contributed by atoms with Crippen LogP contribution in [0.1, 0.15) is 24.5 Å². The Labute approximate surface area is 194 Å². The summed E-state index contributed by atoms with van der Waals surface area (Å²) in [6.07, 6.45) is 6.53. The van der Waals surface area contributed by atoms with Crippen LogP contribution in [-0.2, 0) is 9.59 Å². The zero-order valence-corrected chi connectivity index (χ0v) is 18.1. The third-order valence-electron chi connectivity index (χ3n) is 4.91. The molecule has 2 aromatic rings. The van der Waals surface area contributed by atoms with Crippen LogP contribution in [0.15, 0.2) is 82.9 Å². The lowest BCUT2D eigenvalue weighted by molar-refractivity contribution is -0.115. The lowest BCUT2D eigenvalue weighted by Gasteiger charge is -2.17. The zero-order chi connectivity index (χ0) is 25.0. The molecule has 3 rings (SSSR count). The molecule has 2 aromatic carbocycles. The highest BCUT2D eigenvalue weighted by Gasteiger charge is 2.26. The molecule has 8 heteroatoms. The second-order valence-electron chi connectivity index (χ2n) is 7.61. The number of ketones is 2. The summed E-state index contributed by atoms with van der Waals surface area (Å²) < 4.78 is 0. The molecule has 0 saturated heterocycles. The molecule has 0 aromatic heterocycles. The number of rotatable bonds is 6. The van der Waals surface area contributed by atoms with Gasteiger partial charge in [-0.05, 0) is 60.0 Å². The Morgan fingerprint density at radius 3 is 2.00 bits per heavy atom. The number of carbonyl (C=O) groups excluding carboxylic acids is 2. The Morgan fingerprint density at radius 2 is 1.44 bits per heavy atom. The lowest BCUT2D eigenvalue weighted by Crippen LogP contribution is -2.14. The Bertz CT molecular complexity index is 1320. The average Bonchev–Trinajstić information content (AvgIpc) is 2.75. The zero-order valence-electron chi connectivity index (χ0n) is 18.1. The maximum absolute atomic E-state index is 12.9. The van der Waals surface area contributed by atoms with Crippen molar-refractivity contribution in [3.05, 3.63) is 94.0 Å². The Hall–Kier alpha value is -4.72. The Kier molecular flexibility index (Phi) is 6.92. The first-order chi connectivity index (χ1) is 16.0. The number of benzene rings is 2. The van der Waals surface area contributed by atoms with Crippen LogP contribution >= 0.6 is 0 Å². The Balaban J connectivity index is 2.05. The summed E-state index contributed by atoms with van der Waals surface area (Å²) in [7, 11) is 0. The van der Waals surface area contributed by atoms with E-state index in [9.17, 15) is 40.2 Å². The lowest BCUT2D eigenvalue weighted by atomic mass is 9.88. The third-order valence-corrected chi connectivity index (χ3v) is 4.91. The first-order valence-electron chi connectivity index (χ1n) is 10.1. The summed E-state index contributed by atoms with van der Waals surface area (Å²) in [6.45, 7) is 1.21. The minimum Gasteiger partial charge on any atom is -0.507 e. The maximum Gasteiger partial charge on any atom is 0.171 e. The van der Waals surface area contributed by atoms with E-state index in [-0.39, 0.29) is 34.8 Å². The summed E-state index contributed by atoms with van der Waals surface area (Å²) in [6, 6.07) is 8.02. The molecule has 0 spiro atoms. The van der Waals surface area contributed by atoms with Gasteiger partial charge in [0.05, 0.1) is 5.57 Å². The van der Waals surface area contributed by atoms with Crippen LogP contribution < -0.4 is 0 Å². The fourth-order valence-electron chi connectivity index (χ4n) is 3.30. The average molecular weight is 462 g/mol. The van der Waals surface area contributed by atoms with Crippen molar-refractivity contribution in [1.82, 2.24) is 0 Å². The fourth-order valence-corrected chi connectivity index (χ4v) is 3.30. The largest absolute Gasteiger partial charge is 0.507 e. The van der Waals surface area contributed by atoms with Crippen LogP contribution in [0.2, 0.25) is 0 Å². The number of allylic oxidation sites excluding steroid dienone is 5. The van der Waals surface area contributed by atoms with Crippen molar-refractivity contribution in [3.8, 4) is 23.0 Å². The van der Waals surface area contributed by atoms with Crippen LogP contribution in [0.5, 0.6) is 23.0 Å². The molecule has 1 aliphatic rings. The molecule has 1 aliphatic carbocycles. The highest BCUT2D eigenvalue weighted by atomic mass is 16.3. The van der Waals surface area contributed by atoms with Crippen molar-refractivity contribution in [2.24, 2.45) is 0 Å². The van der Waals surface area contributed by atoms with Gasteiger partial charge in [0.1, 0.15) is 11.5 Å². The first-order valence-corrected chi connectivity index (χ1v) is 10.1. The molecule has 0 heterocycles. The topological polar surface area (TPSA) is 156 Å².